The lowest BCUT2D eigenvalue weighted by molar-refractivity contribution is -0.110. The molecule has 2 aromatic rings. The lowest BCUT2D eigenvalue weighted by atomic mass is 10.1. The fourth-order valence-electron chi connectivity index (χ4n) is 1.66. The molecule has 0 bridgehead atoms. The van der Waals surface area contributed by atoms with Crippen molar-refractivity contribution < 1.29 is 9.90 Å². The number of hydrogen-bond donors (Lipinski definition) is 1. The normalized spacial score (nSPS) is 12.6. The molecule has 0 saturated heterocycles. The third-order valence-electron chi connectivity index (χ3n) is 2.73. The number of phenols is 1. The fourth-order valence-corrected chi connectivity index (χ4v) is 2.76. The van der Waals surface area contributed by atoms with E-state index < -0.39 is 0 Å². The van der Waals surface area contributed by atoms with Crippen LogP contribution in [0.3, 0.4) is 0 Å². The first-order valence-electron chi connectivity index (χ1n) is 6.72. The van der Waals surface area contributed by atoms with Crippen molar-refractivity contribution in [1.82, 2.24) is 0 Å². The molecule has 2 aromatic carbocycles. The minimum absolute atomic E-state index is 0.0281. The van der Waals surface area contributed by atoms with Crippen molar-refractivity contribution in [1.29, 1.82) is 0 Å². The third kappa shape index (κ3) is 6.34. The summed E-state index contributed by atoms with van der Waals surface area (Å²) in [4.78, 5) is 15.1. The maximum atomic E-state index is 10.8. The van der Waals surface area contributed by atoms with Gasteiger partial charge in [-0.3, -0.25) is 4.79 Å². The first kappa shape index (κ1) is 17.4. The molecule has 23 heavy (non-hydrogen) atoms. The molecule has 0 spiro atoms. The molecule has 0 fully saturated rings. The number of aliphatic imine (C=N–C) groups is 1. The van der Waals surface area contributed by atoms with Crippen LogP contribution in [0, 0.1) is 0 Å². The maximum Gasteiger partial charge on any atom is 0.178 e. The summed E-state index contributed by atoms with van der Waals surface area (Å²) in [6.45, 7) is 0. The van der Waals surface area contributed by atoms with E-state index in [-0.39, 0.29) is 11.5 Å². The molecule has 0 saturated carbocycles. The fraction of sp³-hybridized carbons (Fsp3) is 0. The van der Waals surface area contributed by atoms with Crippen LogP contribution in [0.2, 0.25) is 0 Å². The predicted octanol–water partition coefficient (Wildman–Crippen LogP) is 5.37. The van der Waals surface area contributed by atoms with Crippen LogP contribution >= 0.6 is 31.9 Å². The molecule has 1 aliphatic rings. The number of halogens is 2. The van der Waals surface area contributed by atoms with Crippen LogP contribution < -0.4 is 0 Å². The number of rotatable bonds is 1. The number of ketones is 1. The van der Waals surface area contributed by atoms with Crippen molar-refractivity contribution >= 4 is 49.0 Å². The van der Waals surface area contributed by atoms with E-state index in [2.05, 4.69) is 36.9 Å². The number of phenolic OH excluding ortho intramolecular Hbond substituents is 1. The number of allylic oxidation sites excluding steroid dienone is 4. The van der Waals surface area contributed by atoms with Crippen LogP contribution in [0.15, 0.2) is 86.8 Å². The second-order valence-corrected chi connectivity index (χ2v) is 6.39. The Morgan fingerprint density at radius 3 is 1.87 bits per heavy atom. The van der Waals surface area contributed by atoms with Crippen LogP contribution in [0.4, 0.5) is 5.69 Å². The van der Waals surface area contributed by atoms with Crippen molar-refractivity contribution in [3.63, 3.8) is 0 Å². The topological polar surface area (TPSA) is 49.7 Å². The van der Waals surface area contributed by atoms with Gasteiger partial charge in [-0.15, -0.1) is 0 Å². The molecule has 3 nitrogen and oxygen atoms in total. The Kier molecular flexibility index (Phi) is 6.50. The SMILES string of the molecule is Brc1cccc(Br)c1.O=C1C=CC(=Nc2ccc(O)cc2)C=C1. The Hall–Kier alpha value is -1.98. The second-order valence-electron chi connectivity index (χ2n) is 4.56. The largest absolute Gasteiger partial charge is 0.508 e. The maximum absolute atomic E-state index is 10.8. The number of nitrogens with zero attached hydrogens (tertiary/aromatic N) is 1. The standard InChI is InChI=1S/C12H9NO2.C6H4Br2/c14-11-5-1-9(2-6-11)13-10-3-7-12(15)8-4-10;7-5-2-1-3-6(8)4-5/h1-8,14H;1-4H. The van der Waals surface area contributed by atoms with Gasteiger partial charge in [-0.1, -0.05) is 37.9 Å². The van der Waals surface area contributed by atoms with E-state index in [0.29, 0.717) is 0 Å². The molecule has 1 aliphatic carbocycles. The van der Waals surface area contributed by atoms with Gasteiger partial charge in [0.15, 0.2) is 5.78 Å². The van der Waals surface area contributed by atoms with Crippen LogP contribution in [-0.4, -0.2) is 16.6 Å². The highest BCUT2D eigenvalue weighted by molar-refractivity contribution is 9.11. The van der Waals surface area contributed by atoms with Crippen LogP contribution in [0.25, 0.3) is 0 Å². The zero-order chi connectivity index (χ0) is 16.7. The summed E-state index contributed by atoms with van der Waals surface area (Å²) in [6, 6.07) is 14.5. The van der Waals surface area contributed by atoms with Gasteiger partial charge < -0.3 is 5.11 Å². The molecule has 0 atom stereocenters. The molecule has 1 N–H and O–H groups in total. The minimum atomic E-state index is -0.0281. The lowest BCUT2D eigenvalue weighted by Crippen LogP contribution is -1.98. The monoisotopic (exact) mass is 433 g/mol. The summed E-state index contributed by atoms with van der Waals surface area (Å²) >= 11 is 6.66. The van der Waals surface area contributed by atoms with Crippen molar-refractivity contribution in [3.8, 4) is 5.75 Å². The van der Waals surface area contributed by atoms with Gasteiger partial charge in [0.25, 0.3) is 0 Å². The van der Waals surface area contributed by atoms with Gasteiger partial charge in [-0.2, -0.15) is 0 Å². The van der Waals surface area contributed by atoms with Gasteiger partial charge >= 0.3 is 0 Å². The molecule has 0 aromatic heterocycles. The average molecular weight is 435 g/mol. The Balaban J connectivity index is 0.000000203. The van der Waals surface area contributed by atoms with E-state index in [1.165, 1.54) is 12.2 Å². The highest BCUT2D eigenvalue weighted by Gasteiger charge is 1.99. The molecular weight excluding hydrogens is 422 g/mol. The molecule has 0 heterocycles. The van der Waals surface area contributed by atoms with E-state index in [1.807, 2.05) is 24.3 Å². The molecule has 0 aliphatic heterocycles. The lowest BCUT2D eigenvalue weighted by Gasteiger charge is -1.99. The van der Waals surface area contributed by atoms with E-state index >= 15 is 0 Å². The molecule has 0 amide bonds. The highest BCUT2D eigenvalue weighted by atomic mass is 79.9. The van der Waals surface area contributed by atoms with Crippen LogP contribution in [0.5, 0.6) is 5.75 Å². The second kappa shape index (κ2) is 8.60. The molecule has 0 radical (unpaired) electrons. The quantitative estimate of drug-likeness (QED) is 0.613. The van der Waals surface area contributed by atoms with Gasteiger partial charge in [0.1, 0.15) is 5.75 Å². The molecule has 0 unspecified atom stereocenters. The van der Waals surface area contributed by atoms with Gasteiger partial charge in [0.05, 0.1) is 11.4 Å². The van der Waals surface area contributed by atoms with E-state index in [9.17, 15) is 4.79 Å². The summed E-state index contributed by atoms with van der Waals surface area (Å²) in [7, 11) is 0. The summed E-state index contributed by atoms with van der Waals surface area (Å²) in [6.07, 6.45) is 6.27. The van der Waals surface area contributed by atoms with Gasteiger partial charge in [0.2, 0.25) is 0 Å². The van der Waals surface area contributed by atoms with Gasteiger partial charge in [-0.05, 0) is 66.8 Å². The van der Waals surface area contributed by atoms with E-state index in [0.717, 1.165) is 20.3 Å². The summed E-state index contributed by atoms with van der Waals surface area (Å²) < 4.78 is 2.21. The Labute approximate surface area is 151 Å². The van der Waals surface area contributed by atoms with E-state index in [4.69, 9.17) is 5.11 Å². The first-order chi connectivity index (χ1) is 11.0. The molecular formula is C18H13Br2NO2. The zero-order valence-electron chi connectivity index (χ0n) is 12.0. The molecule has 5 heteroatoms. The third-order valence-corrected chi connectivity index (χ3v) is 3.72. The first-order valence-corrected chi connectivity index (χ1v) is 8.30. The smallest absolute Gasteiger partial charge is 0.178 e. The minimum Gasteiger partial charge on any atom is -0.508 e. The summed E-state index contributed by atoms with van der Waals surface area (Å²) in [5.41, 5.74) is 1.46. The number of benzene rings is 2. The van der Waals surface area contributed by atoms with Crippen molar-refractivity contribution in [3.05, 3.63) is 81.8 Å². The van der Waals surface area contributed by atoms with Gasteiger partial charge in [-0.25, -0.2) is 4.99 Å². The van der Waals surface area contributed by atoms with Crippen LogP contribution in [0.1, 0.15) is 0 Å². The summed E-state index contributed by atoms with van der Waals surface area (Å²) in [5.74, 6) is 0.184. The molecule has 3 rings (SSSR count). The number of carbonyl (C=O) groups is 1. The number of hydrogen-bond acceptors (Lipinski definition) is 3. The molecule has 116 valence electrons. The Bertz CT molecular complexity index is 743. The van der Waals surface area contributed by atoms with E-state index in [1.54, 1.807) is 36.4 Å². The highest BCUT2D eigenvalue weighted by Crippen LogP contribution is 2.17. The Morgan fingerprint density at radius 1 is 0.826 bits per heavy atom. The van der Waals surface area contributed by atoms with Crippen molar-refractivity contribution in [2.24, 2.45) is 4.99 Å². The summed E-state index contributed by atoms with van der Waals surface area (Å²) in [5, 5.41) is 9.08. The van der Waals surface area contributed by atoms with Gasteiger partial charge in [0, 0.05) is 8.95 Å². The number of carbonyl (C=O) groups excluding carboxylic acids is 1. The van der Waals surface area contributed by atoms with Crippen LogP contribution in [-0.2, 0) is 4.79 Å². The van der Waals surface area contributed by atoms with Crippen molar-refractivity contribution in [2.45, 2.75) is 0 Å². The van der Waals surface area contributed by atoms with Crippen molar-refractivity contribution in [2.75, 3.05) is 0 Å². The zero-order valence-corrected chi connectivity index (χ0v) is 15.2. The number of aromatic hydroxyl groups is 1. The Morgan fingerprint density at radius 2 is 1.39 bits per heavy atom. The predicted molar refractivity (Wildman–Crippen MR) is 100 cm³/mol. The average Bonchev–Trinajstić information content (AvgIpc) is 2.52.